The summed E-state index contributed by atoms with van der Waals surface area (Å²) in [5, 5.41) is 1.23. The van der Waals surface area contributed by atoms with E-state index in [1.165, 1.54) is 10.8 Å². The first-order valence-corrected chi connectivity index (χ1v) is 67.3. The molecule has 0 bridgehead atoms. The Morgan fingerprint density at radius 3 is 0.652 bits per heavy atom. The quantitative estimate of drug-likeness (QED) is 0.0678. The van der Waals surface area contributed by atoms with Gasteiger partial charge in [-0.2, -0.15) is 0 Å². The van der Waals surface area contributed by atoms with Crippen LogP contribution in [-0.2, 0) is 57.6 Å². The predicted molar refractivity (Wildman–Crippen MR) is 324 cm³/mol. The Morgan fingerprint density at radius 1 is 0.290 bits per heavy atom. The van der Waals surface area contributed by atoms with Crippen LogP contribution in [0, 0.1) is 6.92 Å². The highest BCUT2D eigenvalue weighted by Gasteiger charge is 2.53. The Balaban J connectivity index is 2.98. The zero-order valence-corrected chi connectivity index (χ0v) is 64.7. The van der Waals surface area contributed by atoms with Crippen molar-refractivity contribution >= 4 is 139 Å². The van der Waals surface area contributed by atoms with Gasteiger partial charge in [0.2, 0.25) is 8.32 Å². The van der Waals surface area contributed by atoms with Crippen molar-refractivity contribution in [2.75, 3.05) is 0 Å². The zero-order valence-electron chi connectivity index (χ0n) is 49.7. The molecule has 0 amide bonds. The van der Waals surface area contributed by atoms with E-state index in [-0.39, 0.29) is 0 Å². The highest BCUT2D eigenvalue weighted by molar-refractivity contribution is 6.96. The smallest absolute Gasteiger partial charge is 0.314 e. The summed E-state index contributed by atoms with van der Waals surface area (Å²) in [5.41, 5.74) is 2.33. The lowest BCUT2D eigenvalue weighted by molar-refractivity contribution is 0.251. The van der Waals surface area contributed by atoms with Crippen molar-refractivity contribution in [3.8, 4) is 0 Å². The van der Waals surface area contributed by atoms with Gasteiger partial charge in [0.05, 0.1) is 0 Å². The molecule has 0 aliphatic carbocycles. The van der Waals surface area contributed by atoms with Gasteiger partial charge in [0.25, 0.3) is 0 Å². The van der Waals surface area contributed by atoms with Crippen molar-refractivity contribution in [2.24, 2.45) is 0 Å². The summed E-state index contributed by atoms with van der Waals surface area (Å²) in [4.78, 5) is 0. The minimum Gasteiger partial charge on any atom is -0.437 e. The van der Waals surface area contributed by atoms with Crippen LogP contribution >= 0.6 is 0 Å². The molecule has 1 rings (SSSR count). The average Bonchev–Trinajstić information content (AvgIpc) is 2.90. The molecular formula is C40H102O14Si15. The van der Waals surface area contributed by atoms with Gasteiger partial charge in [-0.15, -0.1) is 0 Å². The zero-order chi connectivity index (χ0) is 55.0. The SMILES string of the molecule is C=Cc1ccc([Si](C)(C)O[Si](C)(C)O[Si](C)(C)O[Si](C)(C)O[Si](C)(C)O[Si](C)(C)O[Si](C)(C)O[Si](C)(C)O[Si](C)(C)O[Si](C)(C)O[Si](C)(C)O[Si](C)(C)O[Si](C)(C)O[Si](C)(C)O[Si](C)(C)C)cc1C. The van der Waals surface area contributed by atoms with Gasteiger partial charge < -0.3 is 57.6 Å². The molecule has 0 atom stereocenters. The lowest BCUT2D eigenvalue weighted by Gasteiger charge is -2.45. The maximum atomic E-state index is 6.95. The van der Waals surface area contributed by atoms with Gasteiger partial charge in [0.15, 0.2) is 8.32 Å². The van der Waals surface area contributed by atoms with Crippen LogP contribution in [0.1, 0.15) is 11.1 Å². The highest BCUT2D eigenvalue weighted by atomic mass is 28.5. The van der Waals surface area contributed by atoms with Gasteiger partial charge in [-0.1, -0.05) is 30.9 Å². The third-order valence-electron chi connectivity index (χ3n) is 9.14. The molecule has 0 unspecified atom stereocenters. The van der Waals surface area contributed by atoms with E-state index < -0.39 is 128 Å². The summed E-state index contributed by atoms with van der Waals surface area (Å²) in [6.07, 6.45) is 1.89. The summed E-state index contributed by atoms with van der Waals surface area (Å²) in [6.45, 7) is 71.1. The van der Waals surface area contributed by atoms with Crippen LogP contribution in [0.3, 0.4) is 0 Å². The van der Waals surface area contributed by atoms with E-state index >= 15 is 0 Å². The molecule has 0 spiro atoms. The van der Waals surface area contributed by atoms with Crippen molar-refractivity contribution < 1.29 is 57.6 Å². The molecule has 1 aromatic rings. The molecule has 0 fully saturated rings. The first-order chi connectivity index (χ1) is 29.8. The minimum atomic E-state index is -2.81. The van der Waals surface area contributed by atoms with Crippen molar-refractivity contribution in [1.29, 1.82) is 0 Å². The maximum Gasteiger partial charge on any atom is 0.314 e. The Labute approximate surface area is 439 Å². The predicted octanol–water partition coefficient (Wildman–Crippen LogP) is 13.2. The van der Waals surface area contributed by atoms with Crippen LogP contribution in [0.15, 0.2) is 24.8 Å². The molecule has 406 valence electrons. The molecule has 0 aliphatic rings. The average molecular weight is 1230 g/mol. The summed E-state index contributed by atoms with van der Waals surface area (Å²) >= 11 is 0. The third kappa shape index (κ3) is 28.0. The van der Waals surface area contributed by atoms with E-state index in [0.29, 0.717) is 0 Å². The second-order valence-corrected chi connectivity index (χ2v) is 81.2. The lowest BCUT2D eigenvalue weighted by Crippen LogP contribution is -2.63. The van der Waals surface area contributed by atoms with Crippen molar-refractivity contribution in [1.82, 2.24) is 0 Å². The van der Waals surface area contributed by atoms with Gasteiger partial charge in [-0.25, -0.2) is 0 Å². The van der Waals surface area contributed by atoms with E-state index in [9.17, 15) is 0 Å². The van der Waals surface area contributed by atoms with E-state index in [1.54, 1.807) is 0 Å². The standard InChI is InChI=1S/C40H102O14Si15/c1-34-39-35-36-40(37-38(39)2)56(6,7)42-58(10,11)44-60(14,15)46-62(18,19)48-64(22,23)50-66(26,27)52-68(30,31)54-69(32,33)53-67(28,29)51-65(24,25)49-63(20,21)47-61(16,17)45-59(12,13)43-57(8,9)41-55(3,4)5/h34-37H,1H2,2-33H3. The molecule has 0 radical (unpaired) electrons. The lowest BCUT2D eigenvalue weighted by atomic mass is 10.1. The number of hydrogen-bond donors (Lipinski definition) is 0. The molecule has 29 heteroatoms. The molecule has 0 saturated carbocycles. The van der Waals surface area contributed by atoms with Crippen LogP contribution in [0.2, 0.25) is 203 Å². The van der Waals surface area contributed by atoms with Crippen LogP contribution in [0.5, 0.6) is 0 Å². The maximum absolute atomic E-state index is 6.95. The monoisotopic (exact) mass is 1230 g/mol. The number of benzene rings is 1. The summed E-state index contributed by atoms with van der Waals surface area (Å²) in [5.74, 6) is 0. The normalized spacial score (nSPS) is 15.5. The fraction of sp³-hybridized carbons (Fsp3) is 0.800. The van der Waals surface area contributed by atoms with Gasteiger partial charge in [-0.05, 0) is 226 Å². The second-order valence-electron chi connectivity index (χ2n) is 25.5. The highest BCUT2D eigenvalue weighted by Crippen LogP contribution is 2.33. The molecule has 0 heterocycles. The van der Waals surface area contributed by atoms with Crippen LogP contribution < -0.4 is 5.19 Å². The Bertz CT molecular complexity index is 1870. The second kappa shape index (κ2) is 23.3. The molecule has 14 nitrogen and oxygen atoms in total. The van der Waals surface area contributed by atoms with Gasteiger partial charge in [0, 0.05) is 0 Å². The van der Waals surface area contributed by atoms with Crippen LogP contribution in [-0.4, -0.2) is 128 Å². The van der Waals surface area contributed by atoms with Crippen molar-refractivity contribution in [3.63, 3.8) is 0 Å². The van der Waals surface area contributed by atoms with E-state index in [4.69, 9.17) is 57.6 Å². The number of hydrogen-bond acceptors (Lipinski definition) is 14. The van der Waals surface area contributed by atoms with E-state index in [1.807, 2.05) is 6.08 Å². The molecule has 69 heavy (non-hydrogen) atoms. The topological polar surface area (TPSA) is 129 Å². The summed E-state index contributed by atoms with van der Waals surface area (Å²) in [6, 6.07) is 6.52. The van der Waals surface area contributed by atoms with E-state index in [2.05, 4.69) is 235 Å². The van der Waals surface area contributed by atoms with E-state index in [0.717, 1.165) is 5.56 Å². The molecule has 0 N–H and O–H groups in total. The number of aryl methyl sites for hydroxylation is 1. The first kappa shape index (κ1) is 68.7. The molecule has 1 aromatic carbocycles. The number of rotatable bonds is 30. The van der Waals surface area contributed by atoms with Gasteiger partial charge >= 0.3 is 111 Å². The molecule has 0 saturated heterocycles. The van der Waals surface area contributed by atoms with Gasteiger partial charge in [-0.3, -0.25) is 0 Å². The largest absolute Gasteiger partial charge is 0.437 e. The van der Waals surface area contributed by atoms with Crippen LogP contribution in [0.25, 0.3) is 6.08 Å². The summed E-state index contributed by atoms with van der Waals surface area (Å²) < 4.78 is 95.7. The van der Waals surface area contributed by atoms with Crippen molar-refractivity contribution in [2.45, 2.75) is 210 Å². The fourth-order valence-electron chi connectivity index (χ4n) is 10.1. The first-order valence-electron chi connectivity index (χ1n) is 24.4. The fourth-order valence-corrected chi connectivity index (χ4v) is 86.3. The summed E-state index contributed by atoms with van der Waals surface area (Å²) in [7, 11) is -39.4. The molecule has 0 aromatic heterocycles. The Morgan fingerprint density at radius 2 is 0.478 bits per heavy atom. The molecule has 0 aliphatic heterocycles. The Kier molecular flexibility index (Phi) is 23.2. The Hall–Kier alpha value is 1.65. The van der Waals surface area contributed by atoms with Crippen molar-refractivity contribution in [3.05, 3.63) is 35.9 Å². The molecular weight excluding hydrogens is 1130 g/mol. The minimum absolute atomic E-state index is 1.14. The van der Waals surface area contributed by atoms with Crippen LogP contribution in [0.4, 0.5) is 0 Å². The third-order valence-corrected chi connectivity index (χ3v) is 66.5. The van der Waals surface area contributed by atoms with Gasteiger partial charge in [0.1, 0.15) is 0 Å².